The maximum absolute atomic E-state index is 12.7. The van der Waals surface area contributed by atoms with Crippen molar-refractivity contribution in [3.63, 3.8) is 0 Å². The SMILES string of the molecule is Cc1nn(-c2ccccc2)cc1CC(=O)NC1CC2(C1)CC(c1n[nH]c(=O)c3ccccc13)C2. The van der Waals surface area contributed by atoms with Crippen LogP contribution in [0.2, 0.25) is 0 Å². The van der Waals surface area contributed by atoms with Crippen LogP contribution in [0.5, 0.6) is 0 Å². The Hall–Kier alpha value is -3.74. The quantitative estimate of drug-likeness (QED) is 0.481. The van der Waals surface area contributed by atoms with Gasteiger partial charge in [0.1, 0.15) is 0 Å². The van der Waals surface area contributed by atoms with E-state index in [0.717, 1.165) is 53.7 Å². The average molecular weight is 454 g/mol. The minimum Gasteiger partial charge on any atom is -0.353 e. The molecule has 2 heterocycles. The molecule has 0 saturated heterocycles. The molecule has 0 unspecified atom stereocenters. The smallest absolute Gasteiger partial charge is 0.272 e. The molecule has 1 amide bonds. The van der Waals surface area contributed by atoms with Crippen molar-refractivity contribution in [1.82, 2.24) is 25.3 Å². The summed E-state index contributed by atoms with van der Waals surface area (Å²) in [6.07, 6.45) is 6.44. The van der Waals surface area contributed by atoms with Crippen LogP contribution in [0.4, 0.5) is 0 Å². The van der Waals surface area contributed by atoms with E-state index in [1.165, 1.54) is 0 Å². The predicted octanol–water partition coefficient (Wildman–Crippen LogP) is 3.80. The van der Waals surface area contributed by atoms with Gasteiger partial charge >= 0.3 is 0 Å². The zero-order chi connectivity index (χ0) is 23.3. The van der Waals surface area contributed by atoms with Gasteiger partial charge in [-0.05, 0) is 56.2 Å². The molecule has 4 aromatic rings. The summed E-state index contributed by atoms with van der Waals surface area (Å²) in [5, 5.41) is 16.5. The molecule has 2 aliphatic rings. The molecule has 2 aromatic heterocycles. The third-order valence-electron chi connectivity index (χ3n) is 7.57. The molecule has 34 heavy (non-hydrogen) atoms. The van der Waals surface area contributed by atoms with Crippen LogP contribution in [-0.2, 0) is 11.2 Å². The number of aromatic nitrogens is 4. The Morgan fingerprint density at radius 1 is 1.06 bits per heavy atom. The maximum atomic E-state index is 12.7. The van der Waals surface area contributed by atoms with Crippen molar-refractivity contribution in [2.24, 2.45) is 5.41 Å². The normalized spacial score (nSPS) is 23.4. The van der Waals surface area contributed by atoms with Gasteiger partial charge in [-0.3, -0.25) is 9.59 Å². The van der Waals surface area contributed by atoms with Gasteiger partial charge in [-0.1, -0.05) is 36.4 Å². The number of carbonyl (C=O) groups is 1. The molecule has 2 aliphatic carbocycles. The Balaban J connectivity index is 1.04. The van der Waals surface area contributed by atoms with Crippen molar-refractivity contribution < 1.29 is 4.79 Å². The Kier molecular flexibility index (Phi) is 4.86. The molecular weight excluding hydrogens is 426 g/mol. The minimum atomic E-state index is -0.135. The number of benzene rings is 2. The number of aromatic amines is 1. The van der Waals surface area contributed by atoms with Gasteiger partial charge in [0.05, 0.1) is 28.9 Å². The molecular formula is C27H27N5O2. The lowest BCUT2D eigenvalue weighted by Gasteiger charge is -2.57. The van der Waals surface area contributed by atoms with Crippen LogP contribution in [0.3, 0.4) is 0 Å². The molecule has 1 spiro atoms. The lowest BCUT2D eigenvalue weighted by atomic mass is 9.49. The summed E-state index contributed by atoms with van der Waals surface area (Å²) in [4.78, 5) is 24.8. The average Bonchev–Trinajstić information content (AvgIpc) is 3.16. The zero-order valence-electron chi connectivity index (χ0n) is 19.1. The predicted molar refractivity (Wildman–Crippen MR) is 130 cm³/mol. The number of fused-ring (bicyclic) bond motifs is 1. The number of hydrogen-bond donors (Lipinski definition) is 2. The van der Waals surface area contributed by atoms with Crippen molar-refractivity contribution in [1.29, 1.82) is 0 Å². The van der Waals surface area contributed by atoms with Crippen molar-refractivity contribution in [3.05, 3.63) is 88.1 Å². The Morgan fingerprint density at radius 2 is 1.76 bits per heavy atom. The Bertz CT molecular complexity index is 1420. The third kappa shape index (κ3) is 3.61. The highest BCUT2D eigenvalue weighted by molar-refractivity contribution is 5.84. The molecule has 7 heteroatoms. The van der Waals surface area contributed by atoms with Gasteiger partial charge in [0.15, 0.2) is 0 Å². The number of carbonyl (C=O) groups excluding carboxylic acids is 1. The summed E-state index contributed by atoms with van der Waals surface area (Å²) in [5.74, 6) is 0.421. The molecule has 2 saturated carbocycles. The number of amides is 1. The molecule has 7 nitrogen and oxygen atoms in total. The summed E-state index contributed by atoms with van der Waals surface area (Å²) in [6, 6.07) is 17.9. The largest absolute Gasteiger partial charge is 0.353 e. The van der Waals surface area contributed by atoms with Crippen LogP contribution >= 0.6 is 0 Å². The molecule has 172 valence electrons. The first-order chi connectivity index (χ1) is 16.5. The number of rotatable bonds is 5. The van der Waals surface area contributed by atoms with Crippen LogP contribution in [-0.4, -0.2) is 31.9 Å². The van der Waals surface area contributed by atoms with Crippen LogP contribution in [0.15, 0.2) is 65.6 Å². The van der Waals surface area contributed by atoms with Crippen molar-refractivity contribution in [2.45, 2.75) is 51.0 Å². The first kappa shape index (κ1) is 20.8. The van der Waals surface area contributed by atoms with E-state index in [9.17, 15) is 9.59 Å². The fraction of sp³-hybridized carbons (Fsp3) is 0.333. The van der Waals surface area contributed by atoms with E-state index >= 15 is 0 Å². The van der Waals surface area contributed by atoms with Gasteiger partial charge in [0.25, 0.3) is 5.56 Å². The van der Waals surface area contributed by atoms with Gasteiger partial charge < -0.3 is 5.32 Å². The third-order valence-corrected chi connectivity index (χ3v) is 7.57. The Labute approximate surface area is 197 Å². The number of hydrogen-bond acceptors (Lipinski definition) is 4. The fourth-order valence-corrected chi connectivity index (χ4v) is 5.88. The summed E-state index contributed by atoms with van der Waals surface area (Å²) >= 11 is 0. The Morgan fingerprint density at radius 3 is 2.53 bits per heavy atom. The van der Waals surface area contributed by atoms with E-state index in [2.05, 4.69) is 20.6 Å². The van der Waals surface area contributed by atoms with Crippen LogP contribution in [0, 0.1) is 12.3 Å². The van der Waals surface area contributed by atoms with Crippen molar-refractivity contribution >= 4 is 16.7 Å². The van der Waals surface area contributed by atoms with Crippen molar-refractivity contribution in [2.75, 3.05) is 0 Å². The highest BCUT2D eigenvalue weighted by Crippen LogP contribution is 2.62. The number of nitrogens with zero attached hydrogens (tertiary/aromatic N) is 3. The van der Waals surface area contributed by atoms with Crippen LogP contribution in [0.25, 0.3) is 16.5 Å². The molecule has 6 rings (SSSR count). The maximum Gasteiger partial charge on any atom is 0.272 e. The van der Waals surface area contributed by atoms with E-state index in [1.807, 2.05) is 72.4 Å². The number of nitrogens with one attached hydrogen (secondary N) is 2. The molecule has 2 N–H and O–H groups in total. The second-order valence-corrected chi connectivity index (χ2v) is 9.96. The van der Waals surface area contributed by atoms with Gasteiger partial charge in [-0.25, -0.2) is 9.78 Å². The van der Waals surface area contributed by atoms with Crippen molar-refractivity contribution in [3.8, 4) is 5.69 Å². The topological polar surface area (TPSA) is 92.7 Å². The number of H-pyrrole nitrogens is 1. The minimum absolute atomic E-state index is 0.0553. The monoisotopic (exact) mass is 453 g/mol. The van der Waals surface area contributed by atoms with E-state index in [4.69, 9.17) is 0 Å². The first-order valence-corrected chi connectivity index (χ1v) is 11.9. The fourth-order valence-electron chi connectivity index (χ4n) is 5.88. The lowest BCUT2D eigenvalue weighted by Crippen LogP contribution is -2.56. The van der Waals surface area contributed by atoms with Gasteiger partial charge in [0, 0.05) is 29.1 Å². The number of aryl methyl sites for hydroxylation is 1. The highest BCUT2D eigenvalue weighted by Gasteiger charge is 2.54. The molecule has 2 aromatic carbocycles. The number of para-hydroxylation sites is 1. The first-order valence-electron chi connectivity index (χ1n) is 11.9. The van der Waals surface area contributed by atoms with Crippen LogP contribution < -0.4 is 10.9 Å². The van der Waals surface area contributed by atoms with E-state index in [-0.39, 0.29) is 17.5 Å². The standard InChI is InChI=1S/C27H27N5O2/c1-17-18(16-32(31-17)21-7-3-2-4-8-21)11-24(33)28-20-14-27(15-20)12-19(13-27)25-22-9-5-6-10-23(22)26(34)30-29-25/h2-10,16,19-20H,11-15H2,1H3,(H,28,33)(H,30,34). The molecule has 0 radical (unpaired) electrons. The van der Waals surface area contributed by atoms with Crippen LogP contribution in [0.1, 0.15) is 48.6 Å². The second kappa shape index (κ2) is 7.94. The van der Waals surface area contributed by atoms with Gasteiger partial charge in [-0.15, -0.1) is 0 Å². The highest BCUT2D eigenvalue weighted by atomic mass is 16.1. The summed E-state index contributed by atoms with van der Waals surface area (Å²) < 4.78 is 1.83. The molecule has 2 fully saturated rings. The van der Waals surface area contributed by atoms with E-state index < -0.39 is 0 Å². The lowest BCUT2D eigenvalue weighted by molar-refractivity contribution is -0.124. The molecule has 0 bridgehead atoms. The zero-order valence-corrected chi connectivity index (χ0v) is 19.1. The summed E-state index contributed by atoms with van der Waals surface area (Å²) in [5.41, 5.74) is 3.99. The van der Waals surface area contributed by atoms with Gasteiger partial charge in [-0.2, -0.15) is 10.2 Å². The van der Waals surface area contributed by atoms with Gasteiger partial charge in [0.2, 0.25) is 5.91 Å². The van der Waals surface area contributed by atoms with E-state index in [1.54, 1.807) is 0 Å². The summed E-state index contributed by atoms with van der Waals surface area (Å²) in [7, 11) is 0. The second-order valence-electron chi connectivity index (χ2n) is 9.96. The summed E-state index contributed by atoms with van der Waals surface area (Å²) in [6.45, 7) is 1.95. The molecule has 0 atom stereocenters. The van der Waals surface area contributed by atoms with E-state index in [0.29, 0.717) is 23.1 Å². The molecule has 0 aliphatic heterocycles.